The molecule has 0 radical (unpaired) electrons. The lowest BCUT2D eigenvalue weighted by Crippen LogP contribution is -2.49. The van der Waals surface area contributed by atoms with Crippen molar-refractivity contribution < 1.29 is 20.1 Å². The van der Waals surface area contributed by atoms with Crippen molar-refractivity contribution >= 4 is 5.91 Å². The van der Waals surface area contributed by atoms with Crippen LogP contribution in [0.5, 0.6) is 0 Å². The molecule has 406 valence electrons. The summed E-state index contributed by atoms with van der Waals surface area (Å²) in [5.41, 5.74) is 0. The highest BCUT2D eigenvalue weighted by atomic mass is 16.3. The Balaban J connectivity index is 3.47. The number of carbonyl (C=O) groups excluding carboxylic acids is 1. The van der Waals surface area contributed by atoms with Crippen LogP contribution in [-0.4, -0.2) is 46.1 Å². The summed E-state index contributed by atoms with van der Waals surface area (Å²) in [5, 5.41) is 33.7. The van der Waals surface area contributed by atoms with Crippen molar-refractivity contribution in [2.45, 2.75) is 379 Å². The largest absolute Gasteiger partial charge is 0.394 e. The first-order valence-corrected chi connectivity index (χ1v) is 31.5. The van der Waals surface area contributed by atoms with E-state index in [0.29, 0.717) is 12.8 Å². The Morgan fingerprint density at radius 1 is 0.338 bits per heavy atom. The minimum absolute atomic E-state index is 0.309. The van der Waals surface area contributed by atoms with Crippen LogP contribution in [0.4, 0.5) is 0 Å². The molecule has 0 fully saturated rings. The highest BCUT2D eigenvalue weighted by Gasteiger charge is 2.23. The molecule has 1 amide bonds. The summed E-state index contributed by atoms with van der Waals surface area (Å²) in [6, 6.07) is -0.710. The molecule has 0 rings (SSSR count). The molecule has 0 aromatic rings. The minimum atomic E-state index is -1.07. The Morgan fingerprint density at radius 2 is 0.559 bits per heavy atom. The lowest BCUT2D eigenvalue weighted by molar-refractivity contribution is -0.131. The molecular formula is C63H125NO4. The fourth-order valence-corrected chi connectivity index (χ4v) is 10.3. The predicted octanol–water partition coefficient (Wildman–Crippen LogP) is 19.8. The molecule has 0 aliphatic rings. The van der Waals surface area contributed by atoms with Gasteiger partial charge in [-0.3, -0.25) is 4.79 Å². The number of hydrogen-bond acceptors (Lipinski definition) is 4. The number of allylic oxidation sites excluding steroid dienone is 2. The molecule has 0 bridgehead atoms. The second-order valence-corrected chi connectivity index (χ2v) is 22.0. The van der Waals surface area contributed by atoms with Crippen molar-refractivity contribution in [2.24, 2.45) is 0 Å². The van der Waals surface area contributed by atoms with Gasteiger partial charge in [-0.2, -0.15) is 0 Å². The van der Waals surface area contributed by atoms with Gasteiger partial charge in [-0.05, 0) is 38.5 Å². The fraction of sp³-hybridized carbons (Fsp3) is 0.952. The minimum Gasteiger partial charge on any atom is -0.394 e. The van der Waals surface area contributed by atoms with Gasteiger partial charge in [0.2, 0.25) is 5.91 Å². The molecule has 68 heavy (non-hydrogen) atoms. The van der Waals surface area contributed by atoms with Crippen LogP contribution in [0.25, 0.3) is 0 Å². The maximum absolute atomic E-state index is 12.6. The summed E-state index contributed by atoms with van der Waals surface area (Å²) in [4.78, 5) is 12.6. The maximum atomic E-state index is 12.6. The van der Waals surface area contributed by atoms with Gasteiger partial charge in [0.1, 0.15) is 6.10 Å². The summed E-state index contributed by atoms with van der Waals surface area (Å²) in [7, 11) is 0. The molecule has 0 aromatic heterocycles. The standard InChI is InChI=1S/C63H125NO4/c1-3-5-7-9-11-13-15-17-19-21-23-25-27-28-29-30-31-32-33-34-36-38-40-42-44-46-48-50-52-54-56-58-62(67)63(68)64-60(59-65)61(66)57-55-53-51-49-47-45-43-41-39-37-35-26-24-22-20-18-16-14-12-10-8-6-4-2/h28-29,60-62,65-67H,3-27,30-59H2,1-2H3,(H,64,68)/b29-28-. The highest BCUT2D eigenvalue weighted by Crippen LogP contribution is 2.19. The van der Waals surface area contributed by atoms with Crippen molar-refractivity contribution in [1.29, 1.82) is 0 Å². The third-order valence-electron chi connectivity index (χ3n) is 15.1. The molecule has 0 aliphatic heterocycles. The van der Waals surface area contributed by atoms with Gasteiger partial charge in [0.25, 0.3) is 0 Å². The van der Waals surface area contributed by atoms with Crippen molar-refractivity contribution in [1.82, 2.24) is 5.32 Å². The monoisotopic (exact) mass is 960 g/mol. The lowest BCUT2D eigenvalue weighted by atomic mass is 10.0. The molecule has 0 heterocycles. The number of carbonyl (C=O) groups is 1. The summed E-state index contributed by atoms with van der Waals surface area (Å²) in [6.45, 7) is 4.28. The number of rotatable bonds is 59. The Morgan fingerprint density at radius 3 is 0.809 bits per heavy atom. The molecule has 0 spiro atoms. The maximum Gasteiger partial charge on any atom is 0.249 e. The van der Waals surface area contributed by atoms with Crippen LogP contribution in [0.3, 0.4) is 0 Å². The van der Waals surface area contributed by atoms with Gasteiger partial charge in [0.15, 0.2) is 0 Å². The zero-order chi connectivity index (χ0) is 49.3. The molecule has 3 atom stereocenters. The van der Waals surface area contributed by atoms with Gasteiger partial charge < -0.3 is 20.6 Å². The van der Waals surface area contributed by atoms with Crippen LogP contribution in [0, 0.1) is 0 Å². The molecule has 0 saturated heterocycles. The van der Waals surface area contributed by atoms with Gasteiger partial charge >= 0.3 is 0 Å². The Labute approximate surface area is 427 Å². The van der Waals surface area contributed by atoms with Crippen LogP contribution in [0.15, 0.2) is 12.2 Å². The quantitative estimate of drug-likeness (QED) is 0.0361. The Bertz CT molecular complexity index is 971. The first-order chi connectivity index (χ1) is 33.6. The third kappa shape index (κ3) is 52.9. The van der Waals surface area contributed by atoms with Gasteiger partial charge in [0, 0.05) is 0 Å². The van der Waals surface area contributed by atoms with E-state index in [1.165, 1.54) is 302 Å². The molecule has 0 aromatic carbocycles. The van der Waals surface area contributed by atoms with Gasteiger partial charge in [-0.25, -0.2) is 0 Å². The number of unbranched alkanes of at least 4 members (excludes halogenated alkanes) is 49. The van der Waals surface area contributed by atoms with Crippen LogP contribution in [0.1, 0.15) is 361 Å². The molecule has 0 saturated carbocycles. The van der Waals surface area contributed by atoms with Gasteiger partial charge in [0.05, 0.1) is 18.8 Å². The van der Waals surface area contributed by atoms with Crippen molar-refractivity contribution in [3.63, 3.8) is 0 Å². The number of hydrogen-bond donors (Lipinski definition) is 4. The summed E-state index contributed by atoms with van der Waals surface area (Å²) < 4.78 is 0. The lowest BCUT2D eigenvalue weighted by Gasteiger charge is -2.23. The molecule has 4 N–H and O–H groups in total. The Kier molecular flexibility index (Phi) is 57.9. The summed E-state index contributed by atoms with van der Waals surface area (Å²) in [6.07, 6.45) is 74.3. The highest BCUT2D eigenvalue weighted by molar-refractivity contribution is 5.80. The number of aliphatic hydroxyl groups is 3. The number of amides is 1. The van der Waals surface area contributed by atoms with Gasteiger partial charge in [-0.1, -0.05) is 334 Å². The first-order valence-electron chi connectivity index (χ1n) is 31.5. The molecule has 3 unspecified atom stereocenters. The smallest absolute Gasteiger partial charge is 0.249 e. The van der Waals surface area contributed by atoms with E-state index in [9.17, 15) is 20.1 Å². The van der Waals surface area contributed by atoms with E-state index >= 15 is 0 Å². The van der Waals surface area contributed by atoms with Crippen molar-refractivity contribution in [3.05, 3.63) is 12.2 Å². The average Bonchev–Trinajstić information content (AvgIpc) is 3.34. The van der Waals surface area contributed by atoms with Crippen LogP contribution in [0.2, 0.25) is 0 Å². The average molecular weight is 961 g/mol. The second kappa shape index (κ2) is 58.7. The first kappa shape index (κ1) is 67.1. The van der Waals surface area contributed by atoms with E-state index < -0.39 is 24.2 Å². The van der Waals surface area contributed by atoms with E-state index in [-0.39, 0.29) is 6.61 Å². The SMILES string of the molecule is CCCCCCCCCCCCCC/C=C\CCCCCCCCCCCCCCCCCC(O)C(=O)NC(CO)C(O)CCCCCCCCCCCCCCCCCCCCCCCCC. The zero-order valence-corrected chi connectivity index (χ0v) is 46.5. The van der Waals surface area contributed by atoms with E-state index in [1.54, 1.807) is 0 Å². The fourth-order valence-electron chi connectivity index (χ4n) is 10.3. The number of nitrogens with one attached hydrogen (secondary N) is 1. The van der Waals surface area contributed by atoms with E-state index in [0.717, 1.165) is 32.1 Å². The normalized spacial score (nSPS) is 13.2. The van der Waals surface area contributed by atoms with E-state index in [2.05, 4.69) is 31.3 Å². The molecule has 0 aliphatic carbocycles. The van der Waals surface area contributed by atoms with E-state index in [4.69, 9.17) is 0 Å². The van der Waals surface area contributed by atoms with E-state index in [1.807, 2.05) is 0 Å². The molecule has 5 nitrogen and oxygen atoms in total. The molecule has 5 heteroatoms. The predicted molar refractivity (Wildman–Crippen MR) is 301 cm³/mol. The Hall–Kier alpha value is -0.910. The topological polar surface area (TPSA) is 89.8 Å². The number of aliphatic hydroxyl groups excluding tert-OH is 3. The van der Waals surface area contributed by atoms with Crippen molar-refractivity contribution in [3.8, 4) is 0 Å². The zero-order valence-electron chi connectivity index (χ0n) is 46.5. The summed E-state index contributed by atoms with van der Waals surface area (Å²) >= 11 is 0. The molecular weight excluding hydrogens is 835 g/mol. The van der Waals surface area contributed by atoms with Gasteiger partial charge in [-0.15, -0.1) is 0 Å². The second-order valence-electron chi connectivity index (χ2n) is 22.0. The van der Waals surface area contributed by atoms with Crippen LogP contribution < -0.4 is 5.32 Å². The third-order valence-corrected chi connectivity index (χ3v) is 15.1. The van der Waals surface area contributed by atoms with Crippen LogP contribution in [-0.2, 0) is 4.79 Å². The summed E-state index contributed by atoms with van der Waals surface area (Å²) in [5.74, 6) is -0.463. The van der Waals surface area contributed by atoms with Crippen molar-refractivity contribution in [2.75, 3.05) is 6.61 Å². The van der Waals surface area contributed by atoms with Crippen LogP contribution >= 0.6 is 0 Å².